The molecule has 0 aliphatic heterocycles. The maximum Gasteiger partial charge on any atom is 0.268 e. The largest absolute Gasteiger partial charge is 0.297 e. The topological polar surface area (TPSA) is 42.0 Å². The van der Waals surface area contributed by atoms with Gasteiger partial charge in [-0.2, -0.15) is 0 Å². The molecule has 0 spiro atoms. The number of carbonyl (C=O) groups is 1. The van der Waals surface area contributed by atoms with Gasteiger partial charge in [0.25, 0.3) is 5.91 Å². The number of carbonyl (C=O) groups excluding carboxylic acids is 1. The molecule has 0 aliphatic carbocycles. The molecule has 0 fully saturated rings. The van der Waals surface area contributed by atoms with Crippen molar-refractivity contribution in [1.82, 2.24) is 4.98 Å². The maximum atomic E-state index is 13.0. The molecule has 3 nitrogen and oxygen atoms in total. The van der Waals surface area contributed by atoms with E-state index in [1.165, 1.54) is 40.4 Å². The summed E-state index contributed by atoms with van der Waals surface area (Å²) in [4.78, 5) is 18.7. The zero-order valence-corrected chi connectivity index (χ0v) is 16.7. The Labute approximate surface area is 170 Å². The van der Waals surface area contributed by atoms with E-state index in [0.29, 0.717) is 16.4 Å². The SMILES string of the molecule is Cc1ccc(-c2ccsc2C(=O)Nc2ncc(Cc3ccc(F)cc3)s2)cc1. The second-order valence-corrected chi connectivity index (χ2v) is 8.45. The summed E-state index contributed by atoms with van der Waals surface area (Å²) in [5.41, 5.74) is 4.13. The molecule has 0 atom stereocenters. The lowest BCUT2D eigenvalue weighted by Crippen LogP contribution is -2.10. The Balaban J connectivity index is 1.48. The highest BCUT2D eigenvalue weighted by Gasteiger charge is 2.16. The molecule has 140 valence electrons. The van der Waals surface area contributed by atoms with E-state index in [-0.39, 0.29) is 11.7 Å². The first-order chi connectivity index (χ1) is 13.6. The second-order valence-electron chi connectivity index (χ2n) is 6.42. The van der Waals surface area contributed by atoms with Crippen molar-refractivity contribution in [3.8, 4) is 11.1 Å². The lowest BCUT2D eigenvalue weighted by atomic mass is 10.0. The van der Waals surface area contributed by atoms with E-state index in [1.54, 1.807) is 18.3 Å². The molecular formula is C22H17FN2OS2. The number of aryl methyl sites for hydroxylation is 1. The van der Waals surface area contributed by atoms with Crippen LogP contribution in [0.5, 0.6) is 0 Å². The first-order valence-electron chi connectivity index (χ1n) is 8.73. The first kappa shape index (κ1) is 18.5. The lowest BCUT2D eigenvalue weighted by molar-refractivity contribution is 0.103. The van der Waals surface area contributed by atoms with E-state index >= 15 is 0 Å². The molecule has 2 heterocycles. The van der Waals surface area contributed by atoms with Gasteiger partial charge in [0.1, 0.15) is 10.7 Å². The van der Waals surface area contributed by atoms with Gasteiger partial charge in [-0.25, -0.2) is 9.37 Å². The van der Waals surface area contributed by atoms with E-state index < -0.39 is 0 Å². The number of anilines is 1. The van der Waals surface area contributed by atoms with Gasteiger partial charge >= 0.3 is 0 Å². The van der Waals surface area contributed by atoms with Crippen LogP contribution in [0.2, 0.25) is 0 Å². The van der Waals surface area contributed by atoms with Crippen molar-refractivity contribution in [2.75, 3.05) is 5.32 Å². The fraction of sp³-hybridized carbons (Fsp3) is 0.0909. The Morgan fingerprint density at radius 1 is 1.07 bits per heavy atom. The lowest BCUT2D eigenvalue weighted by Gasteiger charge is -2.04. The summed E-state index contributed by atoms with van der Waals surface area (Å²) in [6, 6.07) is 16.5. The molecule has 4 aromatic rings. The highest BCUT2D eigenvalue weighted by atomic mass is 32.1. The van der Waals surface area contributed by atoms with E-state index in [0.717, 1.165) is 21.6 Å². The van der Waals surface area contributed by atoms with Crippen LogP contribution in [0, 0.1) is 12.7 Å². The second kappa shape index (κ2) is 8.04. The normalized spacial score (nSPS) is 10.8. The molecule has 6 heteroatoms. The summed E-state index contributed by atoms with van der Waals surface area (Å²) < 4.78 is 13.0. The van der Waals surface area contributed by atoms with Crippen molar-refractivity contribution in [1.29, 1.82) is 0 Å². The number of hydrogen-bond donors (Lipinski definition) is 1. The molecule has 0 bridgehead atoms. The Morgan fingerprint density at radius 2 is 1.82 bits per heavy atom. The third-order valence-electron chi connectivity index (χ3n) is 4.30. The number of thiophene rings is 1. The van der Waals surface area contributed by atoms with Crippen LogP contribution in [0.25, 0.3) is 11.1 Å². The zero-order chi connectivity index (χ0) is 19.5. The van der Waals surface area contributed by atoms with Gasteiger partial charge in [-0.1, -0.05) is 42.0 Å². The number of nitrogens with one attached hydrogen (secondary N) is 1. The van der Waals surface area contributed by atoms with E-state index in [1.807, 2.05) is 42.6 Å². The monoisotopic (exact) mass is 408 g/mol. The Bertz CT molecular complexity index is 1100. The van der Waals surface area contributed by atoms with Crippen LogP contribution in [0.15, 0.2) is 66.2 Å². The van der Waals surface area contributed by atoms with Gasteiger partial charge < -0.3 is 0 Å². The molecule has 2 aromatic heterocycles. The van der Waals surface area contributed by atoms with Crippen molar-refractivity contribution in [3.05, 3.63) is 92.9 Å². The molecule has 2 aromatic carbocycles. The van der Waals surface area contributed by atoms with Crippen molar-refractivity contribution in [2.45, 2.75) is 13.3 Å². The first-order valence-corrected chi connectivity index (χ1v) is 10.4. The van der Waals surface area contributed by atoms with Crippen LogP contribution in [0.4, 0.5) is 9.52 Å². The van der Waals surface area contributed by atoms with E-state index in [9.17, 15) is 9.18 Å². The van der Waals surface area contributed by atoms with Gasteiger partial charge in [0.2, 0.25) is 0 Å². The zero-order valence-electron chi connectivity index (χ0n) is 15.1. The molecule has 0 unspecified atom stereocenters. The predicted molar refractivity (Wildman–Crippen MR) is 114 cm³/mol. The third-order valence-corrected chi connectivity index (χ3v) is 6.13. The summed E-state index contributed by atoms with van der Waals surface area (Å²) in [7, 11) is 0. The quantitative estimate of drug-likeness (QED) is 0.429. The number of aromatic nitrogens is 1. The van der Waals surface area contributed by atoms with Crippen LogP contribution in [0.1, 0.15) is 25.7 Å². The summed E-state index contributed by atoms with van der Waals surface area (Å²) in [5.74, 6) is -0.408. The summed E-state index contributed by atoms with van der Waals surface area (Å²) in [6.07, 6.45) is 2.40. The number of halogens is 1. The number of rotatable bonds is 5. The van der Waals surface area contributed by atoms with Crippen LogP contribution in [-0.2, 0) is 6.42 Å². The van der Waals surface area contributed by atoms with E-state index in [2.05, 4.69) is 10.3 Å². The molecule has 28 heavy (non-hydrogen) atoms. The molecule has 0 radical (unpaired) electrons. The molecular weight excluding hydrogens is 391 g/mol. The van der Waals surface area contributed by atoms with Crippen molar-refractivity contribution < 1.29 is 9.18 Å². The van der Waals surface area contributed by atoms with Gasteiger partial charge in [-0.15, -0.1) is 22.7 Å². The van der Waals surface area contributed by atoms with Crippen LogP contribution < -0.4 is 5.32 Å². The molecule has 0 saturated carbocycles. The fourth-order valence-electron chi connectivity index (χ4n) is 2.85. The van der Waals surface area contributed by atoms with Crippen LogP contribution in [0.3, 0.4) is 0 Å². The van der Waals surface area contributed by atoms with Crippen LogP contribution in [-0.4, -0.2) is 10.9 Å². The Hall–Kier alpha value is -2.83. The smallest absolute Gasteiger partial charge is 0.268 e. The van der Waals surface area contributed by atoms with Gasteiger partial charge in [0.05, 0.1) is 0 Å². The minimum absolute atomic E-state index is 0.159. The maximum absolute atomic E-state index is 13.0. The number of hydrogen-bond acceptors (Lipinski definition) is 4. The van der Waals surface area contributed by atoms with Gasteiger partial charge in [-0.05, 0) is 41.6 Å². The highest BCUT2D eigenvalue weighted by molar-refractivity contribution is 7.16. The molecule has 0 aliphatic rings. The average Bonchev–Trinajstić information content (AvgIpc) is 3.34. The predicted octanol–water partition coefficient (Wildman–Crippen LogP) is 6.16. The Morgan fingerprint density at radius 3 is 2.57 bits per heavy atom. The van der Waals surface area contributed by atoms with Gasteiger partial charge in [0.15, 0.2) is 5.13 Å². The van der Waals surface area contributed by atoms with Crippen molar-refractivity contribution in [2.24, 2.45) is 0 Å². The number of thiazole rings is 1. The highest BCUT2D eigenvalue weighted by Crippen LogP contribution is 2.30. The minimum Gasteiger partial charge on any atom is -0.297 e. The molecule has 4 rings (SSSR count). The third kappa shape index (κ3) is 4.18. The number of amides is 1. The summed E-state index contributed by atoms with van der Waals surface area (Å²) in [5, 5.41) is 5.38. The fourth-order valence-corrected chi connectivity index (χ4v) is 4.50. The minimum atomic E-state index is -0.249. The average molecular weight is 409 g/mol. The summed E-state index contributed by atoms with van der Waals surface area (Å²) in [6.45, 7) is 2.04. The van der Waals surface area contributed by atoms with Crippen molar-refractivity contribution >= 4 is 33.7 Å². The van der Waals surface area contributed by atoms with Gasteiger partial charge in [-0.3, -0.25) is 10.1 Å². The molecule has 0 saturated heterocycles. The molecule has 1 amide bonds. The summed E-state index contributed by atoms with van der Waals surface area (Å²) >= 11 is 2.84. The Kier molecular flexibility index (Phi) is 5.32. The van der Waals surface area contributed by atoms with E-state index in [4.69, 9.17) is 0 Å². The van der Waals surface area contributed by atoms with Gasteiger partial charge in [0, 0.05) is 23.1 Å². The van der Waals surface area contributed by atoms with Crippen LogP contribution >= 0.6 is 22.7 Å². The number of benzene rings is 2. The molecule has 1 N–H and O–H groups in total. The number of nitrogens with zero attached hydrogens (tertiary/aromatic N) is 1. The standard InChI is InChI=1S/C22H17FN2OS2/c1-14-2-6-16(7-3-14)19-10-11-27-20(19)21(26)25-22-24-13-18(28-22)12-15-4-8-17(23)9-5-15/h2-11,13H,12H2,1H3,(H,24,25,26). The van der Waals surface area contributed by atoms with Crippen molar-refractivity contribution in [3.63, 3.8) is 0 Å².